The Hall–Kier alpha value is -4.86. The maximum absolute atomic E-state index is 13.3. The molecule has 5 aromatic rings. The smallest absolute Gasteiger partial charge is 0.342 e. The van der Waals surface area contributed by atoms with E-state index in [1.807, 2.05) is 82.3 Å². The van der Waals surface area contributed by atoms with Crippen LogP contribution in [0.1, 0.15) is 49.3 Å². The molecule has 1 N–H and O–H groups in total. The zero-order valence-corrected chi connectivity index (χ0v) is 26.8. The van der Waals surface area contributed by atoms with Gasteiger partial charge in [-0.2, -0.15) is 8.75 Å². The lowest BCUT2D eigenvalue weighted by Crippen LogP contribution is -2.30. The normalized spacial score (nSPS) is 15.8. The van der Waals surface area contributed by atoms with Gasteiger partial charge in [-0.3, -0.25) is 4.79 Å². The molecule has 1 unspecified atom stereocenters. The number of esters is 1. The van der Waals surface area contributed by atoms with Gasteiger partial charge < -0.3 is 19.3 Å². The van der Waals surface area contributed by atoms with Crippen LogP contribution in [0.15, 0.2) is 78.4 Å². The standard InChI is InChI=1S/C27H24N2O4S.C9H10O2/c1-15-5-8-20(12-16(15)2)27(31)21(13-18-6-10-24(32-4)17(3)11-18)25(26(30)33-27)19-7-9-22-23(14-19)29-34-28-22;1-7-5-8(6-10)3-4-9(7)11-2/h5-12,14,31H,13H2,1-4H3;3-6H,1-2H3. The lowest BCUT2D eigenvalue weighted by Gasteiger charge is -2.26. The van der Waals surface area contributed by atoms with Crippen LogP contribution in [0.4, 0.5) is 0 Å². The highest BCUT2D eigenvalue weighted by Gasteiger charge is 2.48. The molecule has 0 amide bonds. The molecule has 0 saturated carbocycles. The molecule has 0 bridgehead atoms. The van der Waals surface area contributed by atoms with Crippen LogP contribution >= 0.6 is 11.7 Å². The topological polar surface area (TPSA) is 108 Å². The minimum absolute atomic E-state index is 0.322. The largest absolute Gasteiger partial charge is 0.496 e. The fourth-order valence-electron chi connectivity index (χ4n) is 5.39. The molecule has 45 heavy (non-hydrogen) atoms. The van der Waals surface area contributed by atoms with Crippen molar-refractivity contribution >= 4 is 40.6 Å². The van der Waals surface area contributed by atoms with Crippen LogP contribution in [0.25, 0.3) is 16.6 Å². The van der Waals surface area contributed by atoms with E-state index in [0.29, 0.717) is 39.8 Å². The number of carbonyl (C=O) groups is 2. The summed E-state index contributed by atoms with van der Waals surface area (Å²) in [5.41, 5.74) is 9.14. The summed E-state index contributed by atoms with van der Waals surface area (Å²) in [7, 11) is 3.25. The molecule has 0 radical (unpaired) electrons. The lowest BCUT2D eigenvalue weighted by molar-refractivity contribution is -0.185. The number of carbonyl (C=O) groups excluding carboxylic acids is 2. The Balaban J connectivity index is 0.000000309. The molecule has 0 spiro atoms. The van der Waals surface area contributed by atoms with Crippen molar-refractivity contribution in [3.05, 3.63) is 123 Å². The van der Waals surface area contributed by atoms with E-state index in [2.05, 4.69) is 8.75 Å². The van der Waals surface area contributed by atoms with E-state index < -0.39 is 11.8 Å². The van der Waals surface area contributed by atoms with Gasteiger partial charge in [-0.05, 0) is 104 Å². The molecule has 0 fully saturated rings. The van der Waals surface area contributed by atoms with Crippen molar-refractivity contribution in [2.24, 2.45) is 0 Å². The van der Waals surface area contributed by atoms with Crippen LogP contribution in [-0.2, 0) is 21.7 Å². The van der Waals surface area contributed by atoms with Crippen LogP contribution in [-0.4, -0.2) is 40.3 Å². The summed E-state index contributed by atoms with van der Waals surface area (Å²) < 4.78 is 24.7. The van der Waals surface area contributed by atoms with Crippen LogP contribution in [0.5, 0.6) is 11.5 Å². The molecule has 1 atom stereocenters. The summed E-state index contributed by atoms with van der Waals surface area (Å²) in [5.74, 6) is -0.852. The zero-order valence-electron chi connectivity index (χ0n) is 26.0. The van der Waals surface area contributed by atoms with E-state index in [-0.39, 0.29) is 0 Å². The Morgan fingerprint density at radius 1 is 0.800 bits per heavy atom. The number of aldehydes is 1. The van der Waals surface area contributed by atoms with Gasteiger partial charge in [-0.25, -0.2) is 4.79 Å². The lowest BCUT2D eigenvalue weighted by atomic mass is 9.87. The van der Waals surface area contributed by atoms with Crippen LogP contribution < -0.4 is 9.47 Å². The Morgan fingerprint density at radius 3 is 2.13 bits per heavy atom. The highest BCUT2D eigenvalue weighted by Crippen LogP contribution is 2.45. The molecular weight excluding hydrogens is 588 g/mol. The van der Waals surface area contributed by atoms with Crippen molar-refractivity contribution in [2.75, 3.05) is 14.2 Å². The fourth-order valence-corrected chi connectivity index (χ4v) is 5.91. The highest BCUT2D eigenvalue weighted by molar-refractivity contribution is 7.00. The van der Waals surface area contributed by atoms with Gasteiger partial charge in [0.05, 0.1) is 31.5 Å². The van der Waals surface area contributed by atoms with Crippen LogP contribution in [0, 0.1) is 27.7 Å². The number of nitrogens with zero attached hydrogens (tertiary/aromatic N) is 2. The number of ether oxygens (including phenoxy) is 3. The first-order chi connectivity index (χ1) is 21.6. The Bertz CT molecular complexity index is 1950. The van der Waals surface area contributed by atoms with Gasteiger partial charge in [-0.1, -0.05) is 30.3 Å². The summed E-state index contributed by atoms with van der Waals surface area (Å²) in [5, 5.41) is 11.9. The Morgan fingerprint density at radius 2 is 1.49 bits per heavy atom. The van der Waals surface area contributed by atoms with Crippen LogP contribution in [0.3, 0.4) is 0 Å². The second-order valence-corrected chi connectivity index (χ2v) is 11.5. The number of hydrogen-bond acceptors (Lipinski definition) is 9. The van der Waals surface area contributed by atoms with E-state index in [4.69, 9.17) is 14.2 Å². The molecule has 0 aliphatic carbocycles. The summed E-state index contributed by atoms with van der Waals surface area (Å²) in [6.07, 6.45) is 1.15. The van der Waals surface area contributed by atoms with Crippen molar-refractivity contribution in [1.82, 2.24) is 8.75 Å². The Labute approximate surface area is 266 Å². The number of methoxy groups -OCH3 is 2. The first-order valence-electron chi connectivity index (χ1n) is 14.3. The molecule has 6 rings (SSSR count). The molecular formula is C36H34N2O6S. The van der Waals surface area contributed by atoms with E-state index >= 15 is 0 Å². The minimum Gasteiger partial charge on any atom is -0.496 e. The molecule has 230 valence electrons. The molecule has 8 nitrogen and oxygen atoms in total. The van der Waals surface area contributed by atoms with E-state index in [9.17, 15) is 14.7 Å². The van der Waals surface area contributed by atoms with Crippen LogP contribution in [0.2, 0.25) is 0 Å². The fraction of sp³-hybridized carbons (Fsp3) is 0.222. The molecule has 4 aromatic carbocycles. The second-order valence-electron chi connectivity index (χ2n) is 11.0. The van der Waals surface area contributed by atoms with E-state index in [1.54, 1.807) is 32.4 Å². The second kappa shape index (κ2) is 13.0. The third-order valence-corrected chi connectivity index (χ3v) is 8.55. The van der Waals surface area contributed by atoms with Gasteiger partial charge in [0.25, 0.3) is 5.79 Å². The molecule has 1 aromatic heterocycles. The predicted molar refractivity (Wildman–Crippen MR) is 175 cm³/mol. The minimum atomic E-state index is -1.88. The average Bonchev–Trinajstić information content (AvgIpc) is 3.60. The number of aryl methyl sites for hydroxylation is 4. The van der Waals surface area contributed by atoms with Crippen molar-refractivity contribution < 1.29 is 28.9 Å². The van der Waals surface area contributed by atoms with Gasteiger partial charge in [0.15, 0.2) is 0 Å². The highest BCUT2D eigenvalue weighted by atomic mass is 32.1. The van der Waals surface area contributed by atoms with Crippen molar-refractivity contribution in [3.8, 4) is 11.5 Å². The monoisotopic (exact) mass is 622 g/mol. The maximum Gasteiger partial charge on any atom is 0.342 e. The average molecular weight is 623 g/mol. The number of hydrogen-bond donors (Lipinski definition) is 1. The van der Waals surface area contributed by atoms with Crippen molar-refractivity contribution in [2.45, 2.75) is 39.9 Å². The molecule has 0 saturated heterocycles. The number of rotatable bonds is 7. The van der Waals surface area contributed by atoms with Gasteiger partial charge >= 0.3 is 5.97 Å². The summed E-state index contributed by atoms with van der Waals surface area (Å²) in [4.78, 5) is 23.6. The SMILES string of the molecule is COc1ccc(C=O)cc1C.COc1ccc(CC2=C(c3ccc4nsnc4c3)C(=O)OC2(O)c2ccc(C)c(C)c2)cc1C. The van der Waals surface area contributed by atoms with E-state index in [1.165, 1.54) is 0 Å². The molecule has 9 heteroatoms. The molecule has 1 aliphatic heterocycles. The van der Waals surface area contributed by atoms with Crippen molar-refractivity contribution in [3.63, 3.8) is 0 Å². The number of cyclic esters (lactones) is 1. The third-order valence-electron chi connectivity index (χ3n) is 7.99. The van der Waals surface area contributed by atoms with Gasteiger partial charge in [0.1, 0.15) is 28.8 Å². The summed E-state index contributed by atoms with van der Waals surface area (Å²) in [6.45, 7) is 7.85. The zero-order chi connectivity index (χ0) is 32.3. The number of aliphatic hydroxyl groups is 1. The number of fused-ring (bicyclic) bond motifs is 1. The first kappa shape index (κ1) is 31.6. The van der Waals surface area contributed by atoms with Gasteiger partial charge in [0.2, 0.25) is 0 Å². The van der Waals surface area contributed by atoms with Crippen molar-refractivity contribution in [1.29, 1.82) is 0 Å². The van der Waals surface area contributed by atoms with Gasteiger partial charge in [-0.15, -0.1) is 0 Å². The first-order valence-corrected chi connectivity index (χ1v) is 15.0. The Kier molecular flexibility index (Phi) is 9.13. The third kappa shape index (κ3) is 6.36. The quantitative estimate of drug-likeness (QED) is 0.155. The maximum atomic E-state index is 13.3. The number of benzene rings is 4. The summed E-state index contributed by atoms with van der Waals surface area (Å²) in [6, 6.07) is 22.2. The predicted octanol–water partition coefficient (Wildman–Crippen LogP) is 6.84. The summed E-state index contributed by atoms with van der Waals surface area (Å²) >= 11 is 1.12. The molecule has 1 aliphatic rings. The van der Waals surface area contributed by atoms with Gasteiger partial charge in [0, 0.05) is 23.1 Å². The molecule has 2 heterocycles. The van der Waals surface area contributed by atoms with E-state index in [0.717, 1.165) is 62.8 Å². The number of aromatic nitrogens is 2.